The first-order valence-corrected chi connectivity index (χ1v) is 15.3. The van der Waals surface area contributed by atoms with Crippen molar-refractivity contribution in [2.24, 2.45) is 0 Å². The first kappa shape index (κ1) is 25.8. The summed E-state index contributed by atoms with van der Waals surface area (Å²) in [7, 11) is 0. The summed E-state index contributed by atoms with van der Waals surface area (Å²) in [5.74, 6) is -0.537. The first-order chi connectivity index (χ1) is 18.4. The molecular formula is C31H19Br2IO3S. The Labute approximate surface area is 253 Å². The number of aliphatic carboxylic acids is 1. The minimum atomic E-state index is -1.03. The zero-order chi connectivity index (χ0) is 26.4. The van der Waals surface area contributed by atoms with Crippen molar-refractivity contribution in [2.45, 2.75) is 12.5 Å². The topological polar surface area (TPSA) is 46.5 Å². The Balaban J connectivity index is 1.52. The Bertz CT molecular complexity index is 1830. The minimum Gasteiger partial charge on any atom is -0.478 e. The Kier molecular flexibility index (Phi) is 7.20. The molecule has 0 aliphatic heterocycles. The van der Waals surface area contributed by atoms with Crippen LogP contribution >= 0.6 is 65.8 Å². The highest BCUT2D eigenvalue weighted by Gasteiger charge is 2.24. The van der Waals surface area contributed by atoms with E-state index < -0.39 is 12.1 Å². The van der Waals surface area contributed by atoms with Gasteiger partial charge in [-0.15, -0.1) is 11.3 Å². The van der Waals surface area contributed by atoms with Crippen LogP contribution in [0.2, 0.25) is 0 Å². The lowest BCUT2D eigenvalue weighted by Gasteiger charge is -2.19. The summed E-state index contributed by atoms with van der Waals surface area (Å²) in [6.45, 7) is 0. The number of rotatable bonds is 6. The summed E-state index contributed by atoms with van der Waals surface area (Å²) in [4.78, 5) is 12.1. The molecule has 5 aromatic carbocycles. The molecule has 38 heavy (non-hydrogen) atoms. The molecule has 6 aromatic rings. The molecule has 1 atom stereocenters. The molecule has 0 aliphatic rings. The van der Waals surface area contributed by atoms with Gasteiger partial charge in [-0.3, -0.25) is 0 Å². The van der Waals surface area contributed by atoms with Crippen LogP contribution in [0.4, 0.5) is 0 Å². The third-order valence-electron chi connectivity index (χ3n) is 6.56. The van der Waals surface area contributed by atoms with Gasteiger partial charge in [-0.05, 0) is 100 Å². The van der Waals surface area contributed by atoms with E-state index in [0.717, 1.165) is 16.7 Å². The molecule has 0 radical (unpaired) electrons. The van der Waals surface area contributed by atoms with Crippen molar-refractivity contribution in [3.8, 4) is 16.9 Å². The van der Waals surface area contributed by atoms with Gasteiger partial charge in [0, 0.05) is 25.5 Å². The van der Waals surface area contributed by atoms with Crippen LogP contribution in [-0.2, 0) is 11.2 Å². The Hall–Kier alpha value is -2.46. The highest BCUT2D eigenvalue weighted by atomic mass is 127. The van der Waals surface area contributed by atoms with Crippen molar-refractivity contribution in [3.63, 3.8) is 0 Å². The van der Waals surface area contributed by atoms with Gasteiger partial charge in [0.2, 0.25) is 0 Å². The Morgan fingerprint density at radius 3 is 2.16 bits per heavy atom. The van der Waals surface area contributed by atoms with Crippen LogP contribution in [-0.4, -0.2) is 17.2 Å². The predicted octanol–water partition coefficient (Wildman–Crippen LogP) is 10.1. The second-order valence-electron chi connectivity index (χ2n) is 8.94. The quantitative estimate of drug-likeness (QED) is 0.172. The van der Waals surface area contributed by atoms with Gasteiger partial charge >= 0.3 is 5.97 Å². The lowest BCUT2D eigenvalue weighted by Crippen LogP contribution is -2.29. The zero-order valence-electron chi connectivity index (χ0n) is 19.8. The lowest BCUT2D eigenvalue weighted by atomic mass is 9.93. The van der Waals surface area contributed by atoms with E-state index in [1.807, 2.05) is 53.8 Å². The number of hydrogen-bond acceptors (Lipinski definition) is 3. The van der Waals surface area contributed by atoms with Crippen molar-refractivity contribution in [3.05, 3.63) is 109 Å². The highest BCUT2D eigenvalue weighted by Crippen LogP contribution is 2.48. The summed E-state index contributed by atoms with van der Waals surface area (Å²) in [5, 5.41) is 14.7. The molecule has 0 aliphatic carbocycles. The monoisotopic (exact) mass is 756 g/mol. The van der Waals surface area contributed by atoms with Crippen molar-refractivity contribution < 1.29 is 14.6 Å². The van der Waals surface area contributed by atoms with Gasteiger partial charge in [0.1, 0.15) is 5.75 Å². The molecule has 188 valence electrons. The van der Waals surface area contributed by atoms with Gasteiger partial charge in [0.25, 0.3) is 0 Å². The first-order valence-electron chi connectivity index (χ1n) is 11.9. The number of fused-ring (bicyclic) bond motifs is 4. The van der Waals surface area contributed by atoms with Crippen LogP contribution in [0.1, 0.15) is 5.56 Å². The van der Waals surface area contributed by atoms with E-state index in [9.17, 15) is 9.90 Å². The smallest absolute Gasteiger partial charge is 0.345 e. The molecule has 1 heterocycles. The van der Waals surface area contributed by atoms with Crippen molar-refractivity contribution >= 4 is 103 Å². The molecule has 0 saturated carbocycles. The molecular weight excluding hydrogens is 739 g/mol. The third kappa shape index (κ3) is 4.63. The average molecular weight is 758 g/mol. The maximum Gasteiger partial charge on any atom is 0.345 e. The number of carboxylic acid groups (broad SMARTS) is 1. The Morgan fingerprint density at radius 2 is 1.47 bits per heavy atom. The maximum atomic E-state index is 12.1. The molecule has 1 aromatic heterocycles. The largest absolute Gasteiger partial charge is 0.478 e. The summed E-state index contributed by atoms with van der Waals surface area (Å²) in [6, 6.07) is 30.6. The summed E-state index contributed by atoms with van der Waals surface area (Å²) >= 11 is 11.7. The highest BCUT2D eigenvalue weighted by molar-refractivity contribution is 14.1. The molecule has 0 saturated heterocycles. The van der Waals surface area contributed by atoms with Crippen molar-refractivity contribution in [1.82, 2.24) is 0 Å². The van der Waals surface area contributed by atoms with Crippen molar-refractivity contribution in [2.75, 3.05) is 0 Å². The van der Waals surface area contributed by atoms with Crippen LogP contribution in [0, 0.1) is 3.57 Å². The van der Waals surface area contributed by atoms with E-state index in [-0.39, 0.29) is 6.42 Å². The fourth-order valence-corrected chi connectivity index (χ4v) is 8.47. The van der Waals surface area contributed by atoms with Crippen molar-refractivity contribution in [1.29, 1.82) is 0 Å². The summed E-state index contributed by atoms with van der Waals surface area (Å²) in [6.07, 6.45) is -0.761. The second-order valence-corrected chi connectivity index (χ2v) is 12.8. The van der Waals surface area contributed by atoms with Gasteiger partial charge in [0.05, 0.1) is 13.6 Å². The number of benzene rings is 5. The standard InChI is InChI=1S/C31H19Br2IO3S/c32-22-15-18(16-23(33)29(22)37-24(31(35)36)14-17-8-2-1-3-9-17)26-19-10-4-5-11-20(19)28(34)30-27(26)21-12-6-7-13-25(21)38-30/h1-13,15-16,24H,14H2,(H,35,36). The van der Waals surface area contributed by atoms with Gasteiger partial charge in [-0.25, -0.2) is 4.79 Å². The van der Waals surface area contributed by atoms with Gasteiger partial charge < -0.3 is 9.84 Å². The molecule has 0 spiro atoms. The normalized spacial score (nSPS) is 12.3. The molecule has 1 unspecified atom stereocenters. The van der Waals surface area contributed by atoms with Crippen LogP contribution in [0.3, 0.4) is 0 Å². The van der Waals surface area contributed by atoms with Gasteiger partial charge in [-0.2, -0.15) is 0 Å². The number of carbonyl (C=O) groups is 1. The van der Waals surface area contributed by atoms with E-state index in [1.54, 1.807) is 0 Å². The van der Waals surface area contributed by atoms with E-state index >= 15 is 0 Å². The average Bonchev–Trinajstić information content (AvgIpc) is 3.30. The molecule has 6 rings (SSSR count). The predicted molar refractivity (Wildman–Crippen MR) is 173 cm³/mol. The van der Waals surface area contributed by atoms with Crippen LogP contribution < -0.4 is 4.74 Å². The van der Waals surface area contributed by atoms with Crippen LogP contribution in [0.15, 0.2) is 99.9 Å². The molecule has 0 amide bonds. The maximum absolute atomic E-state index is 12.1. The third-order valence-corrected chi connectivity index (χ3v) is 10.4. The summed E-state index contributed by atoms with van der Waals surface area (Å²) < 4.78 is 11.2. The zero-order valence-corrected chi connectivity index (χ0v) is 25.9. The molecule has 0 bridgehead atoms. The van der Waals surface area contributed by atoms with Gasteiger partial charge in [-0.1, -0.05) is 72.8 Å². The number of carboxylic acids is 1. The summed E-state index contributed by atoms with van der Waals surface area (Å²) in [5.41, 5.74) is 3.08. The molecule has 7 heteroatoms. The van der Waals surface area contributed by atoms with E-state index in [1.165, 1.54) is 34.5 Å². The Morgan fingerprint density at radius 1 is 0.868 bits per heavy atom. The fourth-order valence-electron chi connectivity index (χ4n) is 4.86. The molecule has 0 fully saturated rings. The number of halogens is 3. The molecule has 3 nitrogen and oxygen atoms in total. The number of ether oxygens (including phenoxy) is 1. The van der Waals surface area contributed by atoms with E-state index in [4.69, 9.17) is 4.74 Å². The minimum absolute atomic E-state index is 0.264. The number of hydrogen-bond donors (Lipinski definition) is 1. The number of thiophene rings is 1. The SMILES string of the molecule is O=C(O)C(Cc1ccccc1)Oc1c(Br)cc(-c2c3ccccc3c(I)c3sc4ccccc4c23)cc1Br. The second kappa shape index (κ2) is 10.6. The lowest BCUT2D eigenvalue weighted by molar-refractivity contribution is -0.145. The van der Waals surface area contributed by atoms with Gasteiger partial charge in [0.15, 0.2) is 6.10 Å². The van der Waals surface area contributed by atoms with Crippen LogP contribution in [0.25, 0.3) is 42.1 Å². The van der Waals surface area contributed by atoms with E-state index in [2.05, 4.69) is 103 Å². The fraction of sp³-hybridized carbons (Fsp3) is 0.0645. The van der Waals surface area contributed by atoms with Crippen LogP contribution in [0.5, 0.6) is 5.75 Å². The molecule has 1 N–H and O–H groups in total. The van der Waals surface area contributed by atoms with E-state index in [0.29, 0.717) is 14.7 Å².